The standard InChI is InChI=1S/C32H48N4O2/c1-6-29(25-34-31(37)27(2)3)17-21-33-20-15-13-11-9-7-8-10-12-14-16-22-36-23-18-30(19-24-36)26-35-32(38)28(4)5/h6,17-19,21,23-24H,1-2,4,7-16,20,22,25-26H2,3,5H3,(H-,34,35,37,38)/p+1/b29-17+,33-21+. The lowest BCUT2D eigenvalue weighted by Gasteiger charge is -2.04. The molecule has 208 valence electrons. The summed E-state index contributed by atoms with van der Waals surface area (Å²) in [6.07, 6.45) is 22.3. The fraction of sp³-hybridized carbons (Fsp3) is 0.500. The van der Waals surface area contributed by atoms with Crippen molar-refractivity contribution in [2.45, 2.75) is 91.1 Å². The van der Waals surface area contributed by atoms with Crippen LogP contribution in [-0.2, 0) is 22.7 Å². The van der Waals surface area contributed by atoms with Crippen molar-refractivity contribution in [2.24, 2.45) is 4.99 Å². The molecule has 6 nitrogen and oxygen atoms in total. The SMILES string of the molecule is C=C/C(=C\C=N\CCCCCCCCCCCC[n+]1ccc(CNC(=O)C(=C)C)cc1)CNC(=O)C(=C)C. The van der Waals surface area contributed by atoms with Crippen LogP contribution in [0.15, 0.2) is 78.1 Å². The quantitative estimate of drug-likeness (QED) is 0.0690. The summed E-state index contributed by atoms with van der Waals surface area (Å²) in [5.74, 6) is -0.240. The zero-order valence-electron chi connectivity index (χ0n) is 23.8. The van der Waals surface area contributed by atoms with Crippen LogP contribution < -0.4 is 15.2 Å². The highest BCUT2D eigenvalue weighted by Gasteiger charge is 2.04. The molecule has 0 atom stereocenters. The maximum absolute atomic E-state index is 11.6. The summed E-state index contributed by atoms with van der Waals surface area (Å²) in [6, 6.07) is 4.13. The summed E-state index contributed by atoms with van der Waals surface area (Å²) < 4.78 is 2.22. The van der Waals surface area contributed by atoms with Crippen LogP contribution in [0.1, 0.15) is 83.6 Å². The van der Waals surface area contributed by atoms with Gasteiger partial charge >= 0.3 is 0 Å². The molecule has 0 aliphatic carbocycles. The molecule has 0 unspecified atom stereocenters. The largest absolute Gasteiger partial charge is 0.348 e. The number of aromatic nitrogens is 1. The highest BCUT2D eigenvalue weighted by atomic mass is 16.2. The van der Waals surface area contributed by atoms with Gasteiger partial charge in [0.15, 0.2) is 12.4 Å². The molecule has 0 bridgehead atoms. The van der Waals surface area contributed by atoms with Gasteiger partial charge in [0.2, 0.25) is 11.8 Å². The van der Waals surface area contributed by atoms with Crippen LogP contribution in [0.2, 0.25) is 0 Å². The number of nitrogens with one attached hydrogen (secondary N) is 2. The van der Waals surface area contributed by atoms with Crippen molar-refractivity contribution < 1.29 is 14.2 Å². The monoisotopic (exact) mass is 521 g/mol. The average molecular weight is 522 g/mol. The first-order valence-electron chi connectivity index (χ1n) is 14.0. The number of pyridine rings is 1. The van der Waals surface area contributed by atoms with E-state index in [1.165, 1.54) is 57.8 Å². The molecule has 38 heavy (non-hydrogen) atoms. The number of hydrogen-bond acceptors (Lipinski definition) is 3. The number of unbranched alkanes of at least 4 members (excludes halogenated alkanes) is 9. The number of aryl methyl sites for hydroxylation is 1. The molecule has 2 amide bonds. The van der Waals surface area contributed by atoms with Gasteiger partial charge in [0.05, 0.1) is 0 Å². The van der Waals surface area contributed by atoms with Crippen molar-refractivity contribution >= 4 is 18.0 Å². The van der Waals surface area contributed by atoms with E-state index in [1.807, 2.05) is 12.3 Å². The van der Waals surface area contributed by atoms with E-state index in [0.29, 0.717) is 24.2 Å². The van der Waals surface area contributed by atoms with Crippen LogP contribution >= 0.6 is 0 Å². The molecule has 0 fully saturated rings. The highest BCUT2D eigenvalue weighted by Crippen LogP contribution is 2.11. The molecular formula is C32H49N4O2+. The molecule has 2 N–H and O–H groups in total. The Morgan fingerprint density at radius 2 is 1.37 bits per heavy atom. The Morgan fingerprint density at radius 3 is 1.92 bits per heavy atom. The topological polar surface area (TPSA) is 74.4 Å². The molecule has 0 aliphatic heterocycles. The van der Waals surface area contributed by atoms with E-state index in [0.717, 1.165) is 30.6 Å². The maximum Gasteiger partial charge on any atom is 0.246 e. The molecule has 0 aliphatic rings. The lowest BCUT2D eigenvalue weighted by Crippen LogP contribution is -2.33. The molecule has 0 aromatic carbocycles. The third-order valence-corrected chi connectivity index (χ3v) is 6.25. The summed E-state index contributed by atoms with van der Waals surface area (Å²) >= 11 is 0. The number of aliphatic imine (C=N–C) groups is 1. The molecule has 0 radical (unpaired) electrons. The van der Waals surface area contributed by atoms with Crippen LogP contribution in [-0.4, -0.2) is 31.1 Å². The lowest BCUT2D eigenvalue weighted by molar-refractivity contribution is -0.697. The summed E-state index contributed by atoms with van der Waals surface area (Å²) in [6.45, 7) is 17.3. The minimum absolute atomic E-state index is 0.0980. The Balaban J connectivity index is 1.98. The van der Waals surface area contributed by atoms with Gasteiger partial charge in [0.1, 0.15) is 6.54 Å². The first kappa shape index (κ1) is 32.7. The molecule has 0 spiro atoms. The minimum Gasteiger partial charge on any atom is -0.348 e. The second kappa shape index (κ2) is 20.7. The third kappa shape index (κ3) is 16.5. The summed E-state index contributed by atoms with van der Waals surface area (Å²) in [4.78, 5) is 27.6. The van der Waals surface area contributed by atoms with E-state index in [2.05, 4.69) is 64.5 Å². The van der Waals surface area contributed by atoms with Crippen LogP contribution in [0.5, 0.6) is 0 Å². The molecule has 1 rings (SSSR count). The van der Waals surface area contributed by atoms with Gasteiger partial charge in [-0.15, -0.1) is 0 Å². The van der Waals surface area contributed by atoms with Gasteiger partial charge in [0, 0.05) is 55.5 Å². The molecule has 0 saturated carbocycles. The van der Waals surface area contributed by atoms with Gasteiger partial charge in [-0.3, -0.25) is 14.6 Å². The number of amides is 2. The molecular weight excluding hydrogens is 472 g/mol. The second-order valence-electron chi connectivity index (χ2n) is 9.91. The van der Waals surface area contributed by atoms with Crippen LogP contribution in [0, 0.1) is 0 Å². The highest BCUT2D eigenvalue weighted by molar-refractivity contribution is 5.92. The third-order valence-electron chi connectivity index (χ3n) is 6.25. The fourth-order valence-electron chi connectivity index (χ4n) is 3.76. The molecule has 1 aromatic rings. The van der Waals surface area contributed by atoms with E-state index in [1.54, 1.807) is 19.9 Å². The summed E-state index contributed by atoms with van der Waals surface area (Å²) in [5, 5.41) is 5.66. The minimum atomic E-state index is -0.142. The molecule has 6 heteroatoms. The fourth-order valence-corrected chi connectivity index (χ4v) is 3.76. The van der Waals surface area contributed by atoms with Gasteiger partial charge in [-0.05, 0) is 43.9 Å². The maximum atomic E-state index is 11.6. The van der Waals surface area contributed by atoms with E-state index < -0.39 is 0 Å². The lowest BCUT2D eigenvalue weighted by atomic mass is 10.1. The number of allylic oxidation sites excluding steroid dienone is 1. The predicted molar refractivity (Wildman–Crippen MR) is 159 cm³/mol. The van der Waals surface area contributed by atoms with Gasteiger partial charge < -0.3 is 10.6 Å². The van der Waals surface area contributed by atoms with Crippen molar-refractivity contribution in [1.82, 2.24) is 10.6 Å². The molecule has 1 heterocycles. The Bertz CT molecular complexity index is 945. The summed E-state index contributed by atoms with van der Waals surface area (Å²) in [5.41, 5.74) is 3.06. The predicted octanol–water partition coefficient (Wildman–Crippen LogP) is 5.94. The van der Waals surface area contributed by atoms with Gasteiger partial charge in [-0.2, -0.15) is 0 Å². The Labute approximate surface area is 230 Å². The van der Waals surface area contributed by atoms with E-state index in [-0.39, 0.29) is 11.8 Å². The van der Waals surface area contributed by atoms with Crippen LogP contribution in [0.3, 0.4) is 0 Å². The van der Waals surface area contributed by atoms with E-state index >= 15 is 0 Å². The van der Waals surface area contributed by atoms with Crippen molar-refractivity contribution in [2.75, 3.05) is 13.1 Å². The van der Waals surface area contributed by atoms with Crippen molar-refractivity contribution in [3.8, 4) is 0 Å². The average Bonchev–Trinajstić information content (AvgIpc) is 2.91. The van der Waals surface area contributed by atoms with Gasteiger partial charge in [-0.1, -0.05) is 70.8 Å². The number of nitrogens with zero attached hydrogens (tertiary/aromatic N) is 2. The van der Waals surface area contributed by atoms with Gasteiger partial charge in [0.25, 0.3) is 0 Å². The van der Waals surface area contributed by atoms with Crippen molar-refractivity contribution in [3.63, 3.8) is 0 Å². The number of carbonyl (C=O) groups is 2. The normalized spacial score (nSPS) is 11.4. The Morgan fingerprint density at radius 1 is 0.842 bits per heavy atom. The van der Waals surface area contributed by atoms with Gasteiger partial charge in [-0.25, -0.2) is 4.57 Å². The van der Waals surface area contributed by atoms with Crippen LogP contribution in [0.4, 0.5) is 0 Å². The Hall–Kier alpha value is -3.28. The second-order valence-corrected chi connectivity index (χ2v) is 9.91. The summed E-state index contributed by atoms with van der Waals surface area (Å²) in [7, 11) is 0. The molecule has 1 aromatic heterocycles. The number of hydrogen-bond donors (Lipinski definition) is 2. The van der Waals surface area contributed by atoms with E-state index in [9.17, 15) is 9.59 Å². The van der Waals surface area contributed by atoms with Crippen LogP contribution in [0.25, 0.3) is 0 Å². The first-order valence-corrected chi connectivity index (χ1v) is 14.0. The molecule has 0 saturated heterocycles. The zero-order valence-corrected chi connectivity index (χ0v) is 23.8. The van der Waals surface area contributed by atoms with Crippen molar-refractivity contribution in [1.29, 1.82) is 0 Å². The first-order chi connectivity index (χ1) is 18.3. The zero-order chi connectivity index (χ0) is 28.0. The number of rotatable bonds is 21. The van der Waals surface area contributed by atoms with Crippen molar-refractivity contribution in [3.05, 3.63) is 78.7 Å². The Kier molecular flexibility index (Phi) is 17.9. The smallest absolute Gasteiger partial charge is 0.246 e. The number of carbonyl (C=O) groups excluding carboxylic acids is 2. The van der Waals surface area contributed by atoms with E-state index in [4.69, 9.17) is 0 Å².